The molecule has 5 nitrogen and oxygen atoms in total. The molecule has 0 aliphatic heterocycles. The van der Waals surface area contributed by atoms with Crippen molar-refractivity contribution >= 4 is 50.6 Å². The SMILES string of the molecule is Cc1cc(S(=O)(=O)Nc2nn(Cc3ccccc3Cl)cc2Cl)c(C)cc1Cl. The van der Waals surface area contributed by atoms with Crippen LogP contribution in [0.4, 0.5) is 5.82 Å². The maximum atomic E-state index is 12.8. The summed E-state index contributed by atoms with van der Waals surface area (Å²) in [7, 11) is -3.87. The van der Waals surface area contributed by atoms with Gasteiger partial charge in [-0.1, -0.05) is 53.0 Å². The predicted octanol–water partition coefficient (Wildman–Crippen LogP) is 5.31. The van der Waals surface area contributed by atoms with E-state index in [1.54, 1.807) is 32.2 Å². The van der Waals surface area contributed by atoms with E-state index in [9.17, 15) is 8.42 Å². The Kier molecular flexibility index (Phi) is 5.72. The van der Waals surface area contributed by atoms with Crippen molar-refractivity contribution in [2.75, 3.05) is 4.72 Å². The van der Waals surface area contributed by atoms with Crippen LogP contribution in [0.25, 0.3) is 0 Å². The highest BCUT2D eigenvalue weighted by molar-refractivity contribution is 7.92. The van der Waals surface area contributed by atoms with Crippen molar-refractivity contribution in [3.63, 3.8) is 0 Å². The third-order valence-electron chi connectivity index (χ3n) is 3.98. The van der Waals surface area contributed by atoms with Crippen molar-refractivity contribution in [2.24, 2.45) is 0 Å². The fourth-order valence-corrected chi connectivity index (χ4v) is 4.57. The summed E-state index contributed by atoms with van der Waals surface area (Å²) in [5, 5.41) is 5.53. The van der Waals surface area contributed by atoms with Gasteiger partial charge >= 0.3 is 0 Å². The number of nitrogens with zero attached hydrogens (tertiary/aromatic N) is 2. The van der Waals surface area contributed by atoms with Gasteiger partial charge in [-0.05, 0) is 48.7 Å². The molecule has 0 radical (unpaired) electrons. The molecule has 1 N–H and O–H groups in total. The Morgan fingerprint density at radius 3 is 2.41 bits per heavy atom. The van der Waals surface area contributed by atoms with E-state index >= 15 is 0 Å². The third kappa shape index (κ3) is 4.41. The van der Waals surface area contributed by atoms with E-state index in [-0.39, 0.29) is 15.7 Å². The summed E-state index contributed by atoms with van der Waals surface area (Å²) in [6.45, 7) is 3.78. The quantitative estimate of drug-likeness (QED) is 0.580. The van der Waals surface area contributed by atoms with Gasteiger partial charge in [-0.15, -0.1) is 0 Å². The lowest BCUT2D eigenvalue weighted by Crippen LogP contribution is -2.15. The van der Waals surface area contributed by atoms with Gasteiger partial charge in [-0.2, -0.15) is 5.10 Å². The van der Waals surface area contributed by atoms with Crippen LogP contribution < -0.4 is 4.72 Å². The van der Waals surface area contributed by atoms with Crippen LogP contribution in [-0.4, -0.2) is 18.2 Å². The molecule has 9 heteroatoms. The van der Waals surface area contributed by atoms with Gasteiger partial charge in [0.1, 0.15) is 5.02 Å². The van der Waals surface area contributed by atoms with Gasteiger partial charge in [0.05, 0.1) is 11.4 Å². The second-order valence-electron chi connectivity index (χ2n) is 6.09. The van der Waals surface area contributed by atoms with Crippen molar-refractivity contribution < 1.29 is 8.42 Å². The lowest BCUT2D eigenvalue weighted by Gasteiger charge is -2.11. The number of nitrogens with one attached hydrogen (secondary N) is 1. The number of hydrogen-bond donors (Lipinski definition) is 1. The van der Waals surface area contributed by atoms with Crippen LogP contribution in [0, 0.1) is 13.8 Å². The summed E-state index contributed by atoms with van der Waals surface area (Å²) in [5.41, 5.74) is 2.04. The van der Waals surface area contributed by atoms with E-state index in [0.717, 1.165) is 5.56 Å². The number of aromatic nitrogens is 2. The van der Waals surface area contributed by atoms with E-state index in [1.165, 1.54) is 10.7 Å². The first-order valence-electron chi connectivity index (χ1n) is 7.93. The molecule has 27 heavy (non-hydrogen) atoms. The molecule has 0 saturated heterocycles. The van der Waals surface area contributed by atoms with Gasteiger partial charge in [0.15, 0.2) is 5.82 Å². The minimum absolute atomic E-state index is 0.0516. The minimum atomic E-state index is -3.87. The Bertz CT molecular complexity index is 1110. The third-order valence-corrected chi connectivity index (χ3v) is 6.52. The summed E-state index contributed by atoms with van der Waals surface area (Å²) in [6, 6.07) is 10.5. The molecule has 0 spiro atoms. The molecule has 0 aliphatic rings. The molecule has 1 aromatic heterocycles. The van der Waals surface area contributed by atoms with E-state index in [4.69, 9.17) is 34.8 Å². The maximum Gasteiger partial charge on any atom is 0.263 e. The molecule has 0 aliphatic carbocycles. The summed E-state index contributed by atoms with van der Waals surface area (Å²) in [4.78, 5) is 0.126. The standard InChI is InChI=1S/C18H16Cl3N3O2S/c1-11-8-17(12(2)7-15(11)20)27(25,26)23-18-16(21)10-24(22-18)9-13-5-3-4-6-14(13)19/h3-8,10H,9H2,1-2H3,(H,22,23). The highest BCUT2D eigenvalue weighted by Crippen LogP contribution is 2.28. The molecular weight excluding hydrogens is 429 g/mol. The smallest absolute Gasteiger partial charge is 0.263 e. The van der Waals surface area contributed by atoms with Gasteiger partial charge in [0.25, 0.3) is 10.0 Å². The average molecular weight is 445 g/mol. The Labute approximate surface area is 172 Å². The van der Waals surface area contributed by atoms with Crippen LogP contribution in [-0.2, 0) is 16.6 Å². The van der Waals surface area contributed by atoms with Crippen LogP contribution in [0.1, 0.15) is 16.7 Å². The van der Waals surface area contributed by atoms with E-state index in [0.29, 0.717) is 27.7 Å². The van der Waals surface area contributed by atoms with Gasteiger partial charge in [0, 0.05) is 16.2 Å². The zero-order valence-corrected chi connectivity index (χ0v) is 17.6. The average Bonchev–Trinajstić information content (AvgIpc) is 2.91. The van der Waals surface area contributed by atoms with E-state index in [2.05, 4.69) is 9.82 Å². The molecule has 0 atom stereocenters. The molecule has 0 fully saturated rings. The molecule has 0 saturated carbocycles. The number of benzene rings is 2. The topological polar surface area (TPSA) is 64.0 Å². The zero-order chi connectivity index (χ0) is 19.8. The normalized spacial score (nSPS) is 11.6. The van der Waals surface area contributed by atoms with Crippen molar-refractivity contribution in [3.05, 3.63) is 74.4 Å². The summed E-state index contributed by atoms with van der Waals surface area (Å²) < 4.78 is 29.5. The second kappa shape index (κ2) is 7.72. The van der Waals surface area contributed by atoms with Crippen LogP contribution in [0.5, 0.6) is 0 Å². The van der Waals surface area contributed by atoms with Crippen molar-refractivity contribution in [1.29, 1.82) is 0 Å². The molecule has 142 valence electrons. The van der Waals surface area contributed by atoms with Crippen molar-refractivity contribution in [3.8, 4) is 0 Å². The van der Waals surface area contributed by atoms with Gasteiger partial charge in [-0.3, -0.25) is 9.40 Å². The fourth-order valence-electron chi connectivity index (χ4n) is 2.57. The summed E-state index contributed by atoms with van der Waals surface area (Å²) >= 11 is 18.4. The lowest BCUT2D eigenvalue weighted by atomic mass is 10.2. The minimum Gasteiger partial charge on any atom is -0.265 e. The van der Waals surface area contributed by atoms with Crippen LogP contribution in [0.2, 0.25) is 15.1 Å². The van der Waals surface area contributed by atoms with Crippen LogP contribution in [0.15, 0.2) is 47.5 Å². The highest BCUT2D eigenvalue weighted by Gasteiger charge is 2.21. The molecule has 3 aromatic rings. The molecule has 3 rings (SSSR count). The van der Waals surface area contributed by atoms with Crippen molar-refractivity contribution in [2.45, 2.75) is 25.3 Å². The molecule has 0 unspecified atom stereocenters. The molecule has 1 heterocycles. The Hall–Kier alpha value is -1.73. The second-order valence-corrected chi connectivity index (χ2v) is 8.96. The summed E-state index contributed by atoms with van der Waals surface area (Å²) in [5.74, 6) is 0.0516. The molecular formula is C18H16Cl3N3O2S. The molecule has 0 amide bonds. The maximum absolute atomic E-state index is 12.8. The van der Waals surface area contributed by atoms with Gasteiger partial charge in [-0.25, -0.2) is 8.42 Å². The first-order valence-corrected chi connectivity index (χ1v) is 10.5. The fraction of sp³-hybridized carbons (Fsp3) is 0.167. The van der Waals surface area contributed by atoms with Crippen molar-refractivity contribution in [1.82, 2.24) is 9.78 Å². The number of anilines is 1. The number of halogens is 3. The highest BCUT2D eigenvalue weighted by atomic mass is 35.5. The Morgan fingerprint density at radius 1 is 1.00 bits per heavy atom. The van der Waals surface area contributed by atoms with Gasteiger partial charge < -0.3 is 0 Å². The Balaban J connectivity index is 1.89. The predicted molar refractivity (Wildman–Crippen MR) is 110 cm³/mol. The lowest BCUT2D eigenvalue weighted by molar-refractivity contribution is 0.600. The first-order chi connectivity index (χ1) is 12.7. The molecule has 0 bridgehead atoms. The molecule has 2 aromatic carbocycles. The zero-order valence-electron chi connectivity index (χ0n) is 14.5. The summed E-state index contributed by atoms with van der Waals surface area (Å²) in [6.07, 6.45) is 1.54. The van der Waals surface area contributed by atoms with E-state index in [1.807, 2.05) is 18.2 Å². The first kappa shape index (κ1) is 20.0. The van der Waals surface area contributed by atoms with Gasteiger partial charge in [0.2, 0.25) is 0 Å². The number of hydrogen-bond acceptors (Lipinski definition) is 3. The Morgan fingerprint density at radius 2 is 1.70 bits per heavy atom. The largest absolute Gasteiger partial charge is 0.265 e. The number of sulfonamides is 1. The van der Waals surface area contributed by atoms with E-state index < -0.39 is 10.0 Å². The number of rotatable bonds is 5. The monoisotopic (exact) mass is 443 g/mol. The van der Waals surface area contributed by atoms with Crippen LogP contribution in [0.3, 0.4) is 0 Å². The number of aryl methyl sites for hydroxylation is 2. The van der Waals surface area contributed by atoms with Crippen LogP contribution >= 0.6 is 34.8 Å².